The summed E-state index contributed by atoms with van der Waals surface area (Å²) in [6.45, 7) is 7.35. The van der Waals surface area contributed by atoms with E-state index in [1.807, 2.05) is 24.3 Å². The van der Waals surface area contributed by atoms with Gasteiger partial charge >= 0.3 is 0 Å². The summed E-state index contributed by atoms with van der Waals surface area (Å²) in [5, 5.41) is 15.4. The lowest BCUT2D eigenvalue weighted by atomic mass is 9.93. The van der Waals surface area contributed by atoms with Gasteiger partial charge in [-0.05, 0) is 55.9 Å². The number of carbonyl (C=O) groups is 2. The minimum absolute atomic E-state index is 0.148. The average molecular weight is 530 g/mol. The number of hydrogen-bond acceptors (Lipinski definition) is 5. The van der Waals surface area contributed by atoms with Gasteiger partial charge in [-0.1, -0.05) is 62.7 Å². The highest BCUT2D eigenvalue weighted by atomic mass is 32.2. The number of amides is 2. The summed E-state index contributed by atoms with van der Waals surface area (Å²) in [7, 11) is -3.86. The average Bonchev–Trinajstić information content (AvgIpc) is 2.89. The number of aliphatic hydroxyl groups excluding tert-OH is 1. The van der Waals surface area contributed by atoms with Crippen LogP contribution in [0.1, 0.15) is 64.0 Å². The Labute approximate surface area is 220 Å². The van der Waals surface area contributed by atoms with Gasteiger partial charge < -0.3 is 15.7 Å². The molecule has 1 aliphatic heterocycles. The van der Waals surface area contributed by atoms with Gasteiger partial charge in [0.2, 0.25) is 21.8 Å². The van der Waals surface area contributed by atoms with Crippen LogP contribution >= 0.6 is 0 Å². The van der Waals surface area contributed by atoms with Crippen LogP contribution in [0, 0.1) is 5.41 Å². The molecule has 3 N–H and O–H groups in total. The lowest BCUT2D eigenvalue weighted by Crippen LogP contribution is -2.58. The number of benzene rings is 2. The molecule has 1 aliphatic rings. The summed E-state index contributed by atoms with van der Waals surface area (Å²) in [4.78, 5) is 26.5. The maximum atomic E-state index is 13.5. The van der Waals surface area contributed by atoms with Gasteiger partial charge in [0, 0.05) is 13.0 Å². The molecule has 0 bridgehead atoms. The molecule has 1 saturated heterocycles. The minimum Gasteiger partial charge on any atom is -0.395 e. The van der Waals surface area contributed by atoms with Crippen molar-refractivity contribution in [2.75, 3.05) is 13.2 Å². The Hall–Kier alpha value is -2.75. The minimum atomic E-state index is -3.86. The maximum Gasteiger partial charge on any atom is 0.243 e. The Bertz CT molecular complexity index is 1160. The number of rotatable bonds is 10. The van der Waals surface area contributed by atoms with E-state index >= 15 is 0 Å². The van der Waals surface area contributed by atoms with Crippen molar-refractivity contribution in [1.29, 1.82) is 0 Å². The highest BCUT2D eigenvalue weighted by Crippen LogP contribution is 2.26. The number of nitrogens with one attached hydrogen (secondary N) is 2. The lowest BCUT2D eigenvalue weighted by molar-refractivity contribution is -0.133. The van der Waals surface area contributed by atoms with Crippen molar-refractivity contribution in [1.82, 2.24) is 14.9 Å². The molecule has 2 atom stereocenters. The standard InChI is InChI=1S/C28H39N3O5S/c1-20(2)22-15-13-21(14-16-22)18-25(30-27(34)28(3,4)19-32)29-26(33)24-12-8-9-17-31(24)37(35,36)23-10-6-5-7-11-23/h5-7,10-11,13-16,20,24-25,32H,8-9,12,17-19H2,1-4H3,(H,29,33)(H,30,34)/t24-,25+/m0/s1. The Morgan fingerprint density at radius 3 is 2.27 bits per heavy atom. The summed E-state index contributed by atoms with van der Waals surface area (Å²) < 4.78 is 28.0. The second-order valence-electron chi connectivity index (χ2n) is 10.6. The van der Waals surface area contributed by atoms with Crippen molar-refractivity contribution < 1.29 is 23.1 Å². The molecule has 2 amide bonds. The summed E-state index contributed by atoms with van der Waals surface area (Å²) in [5.41, 5.74) is 1.05. The van der Waals surface area contributed by atoms with Gasteiger partial charge in [-0.25, -0.2) is 8.42 Å². The van der Waals surface area contributed by atoms with Crippen LogP contribution in [0.5, 0.6) is 0 Å². The van der Waals surface area contributed by atoms with Crippen molar-refractivity contribution in [3.63, 3.8) is 0 Å². The zero-order valence-corrected chi connectivity index (χ0v) is 22.9. The van der Waals surface area contributed by atoms with E-state index in [0.717, 1.165) is 12.0 Å². The van der Waals surface area contributed by atoms with E-state index in [0.29, 0.717) is 25.2 Å². The fourth-order valence-electron chi connectivity index (χ4n) is 4.29. The molecule has 0 aromatic heterocycles. The van der Waals surface area contributed by atoms with Crippen molar-refractivity contribution in [2.45, 2.75) is 76.4 Å². The summed E-state index contributed by atoms with van der Waals surface area (Å²) >= 11 is 0. The van der Waals surface area contributed by atoms with Gasteiger partial charge in [0.15, 0.2) is 0 Å². The van der Waals surface area contributed by atoms with E-state index in [9.17, 15) is 23.1 Å². The highest BCUT2D eigenvalue weighted by molar-refractivity contribution is 7.89. The van der Waals surface area contributed by atoms with E-state index in [4.69, 9.17) is 0 Å². The number of piperidine rings is 1. The van der Waals surface area contributed by atoms with Crippen molar-refractivity contribution in [3.8, 4) is 0 Å². The molecule has 2 aromatic rings. The van der Waals surface area contributed by atoms with E-state index in [-0.39, 0.29) is 18.0 Å². The number of nitrogens with zero attached hydrogens (tertiary/aromatic N) is 1. The molecule has 1 fully saturated rings. The first-order chi connectivity index (χ1) is 17.5. The first kappa shape index (κ1) is 28.8. The fourth-order valence-corrected chi connectivity index (χ4v) is 5.97. The monoisotopic (exact) mass is 529 g/mol. The number of sulfonamides is 1. The van der Waals surface area contributed by atoms with Gasteiger partial charge in [0.05, 0.1) is 16.9 Å². The van der Waals surface area contributed by atoms with Gasteiger partial charge in [-0.15, -0.1) is 0 Å². The number of aliphatic hydroxyl groups is 1. The summed E-state index contributed by atoms with van der Waals surface area (Å²) in [6.07, 6.45) is 1.32. The molecule has 0 spiro atoms. The van der Waals surface area contributed by atoms with E-state index in [1.165, 1.54) is 22.0 Å². The second-order valence-corrected chi connectivity index (χ2v) is 12.5. The Morgan fingerprint density at radius 1 is 1.03 bits per heavy atom. The van der Waals surface area contributed by atoms with Gasteiger partial charge in [0.25, 0.3) is 0 Å². The molecule has 0 unspecified atom stereocenters. The first-order valence-corrected chi connectivity index (χ1v) is 14.3. The lowest BCUT2D eigenvalue weighted by Gasteiger charge is -2.35. The SMILES string of the molecule is CC(C)c1ccc(C[C@H](NC(=O)[C@@H]2CCCCN2S(=O)(=O)c2ccccc2)NC(=O)C(C)(C)CO)cc1. The first-order valence-electron chi connectivity index (χ1n) is 12.8. The van der Waals surface area contributed by atoms with Crippen LogP contribution in [-0.2, 0) is 26.0 Å². The van der Waals surface area contributed by atoms with Crippen LogP contribution in [0.15, 0.2) is 59.5 Å². The topological polar surface area (TPSA) is 116 Å². The third-order valence-electron chi connectivity index (χ3n) is 6.82. The maximum absolute atomic E-state index is 13.5. The number of carbonyl (C=O) groups excluding carboxylic acids is 2. The van der Waals surface area contributed by atoms with Crippen LogP contribution in [0.4, 0.5) is 0 Å². The normalized spacial score (nSPS) is 17.8. The molecule has 0 radical (unpaired) electrons. The van der Waals surface area contributed by atoms with Gasteiger partial charge in [-0.2, -0.15) is 4.31 Å². The van der Waals surface area contributed by atoms with Crippen molar-refractivity contribution >= 4 is 21.8 Å². The zero-order chi connectivity index (χ0) is 27.2. The summed E-state index contributed by atoms with van der Waals surface area (Å²) in [5.74, 6) is -0.486. The molecule has 1 heterocycles. The van der Waals surface area contributed by atoms with Crippen molar-refractivity contribution in [3.05, 3.63) is 65.7 Å². The van der Waals surface area contributed by atoms with Gasteiger partial charge in [-0.3, -0.25) is 9.59 Å². The van der Waals surface area contributed by atoms with Crippen molar-refractivity contribution in [2.24, 2.45) is 5.41 Å². The van der Waals surface area contributed by atoms with Gasteiger partial charge in [0.1, 0.15) is 12.2 Å². The third-order valence-corrected chi connectivity index (χ3v) is 8.75. The molecule has 0 aliphatic carbocycles. The van der Waals surface area contributed by atoms with Crippen LogP contribution in [0.3, 0.4) is 0 Å². The largest absolute Gasteiger partial charge is 0.395 e. The second kappa shape index (κ2) is 12.2. The summed E-state index contributed by atoms with van der Waals surface area (Å²) in [6, 6.07) is 15.2. The van der Waals surface area contributed by atoms with E-state index in [2.05, 4.69) is 24.5 Å². The molecular formula is C28H39N3O5S. The fraction of sp³-hybridized carbons (Fsp3) is 0.500. The van der Waals surface area contributed by atoms with Crippen LogP contribution in [0.25, 0.3) is 0 Å². The molecule has 202 valence electrons. The predicted octanol–water partition coefficient (Wildman–Crippen LogP) is 3.17. The highest BCUT2D eigenvalue weighted by Gasteiger charge is 2.38. The van der Waals surface area contributed by atoms with Crippen LogP contribution < -0.4 is 10.6 Å². The molecule has 9 heteroatoms. The predicted molar refractivity (Wildman–Crippen MR) is 143 cm³/mol. The molecule has 0 saturated carbocycles. The molecular weight excluding hydrogens is 490 g/mol. The van der Waals surface area contributed by atoms with Crippen LogP contribution in [0.2, 0.25) is 0 Å². The molecule has 3 rings (SSSR count). The Morgan fingerprint density at radius 2 is 1.68 bits per heavy atom. The third kappa shape index (κ3) is 7.18. The smallest absolute Gasteiger partial charge is 0.243 e. The van der Waals surface area contributed by atoms with Crippen LogP contribution in [-0.4, -0.2) is 55.0 Å². The Balaban J connectivity index is 1.84. The molecule has 2 aromatic carbocycles. The Kier molecular flexibility index (Phi) is 9.50. The zero-order valence-electron chi connectivity index (χ0n) is 22.1. The van der Waals surface area contributed by atoms with E-state index < -0.39 is 39.5 Å². The van der Waals surface area contributed by atoms with E-state index in [1.54, 1.807) is 32.0 Å². The molecule has 8 nitrogen and oxygen atoms in total. The number of hydrogen-bond donors (Lipinski definition) is 3. The molecule has 37 heavy (non-hydrogen) atoms. The quantitative estimate of drug-likeness (QED) is 0.409.